The van der Waals surface area contributed by atoms with Crippen molar-refractivity contribution in [3.8, 4) is 0 Å². The van der Waals surface area contributed by atoms with Gasteiger partial charge in [-0.25, -0.2) is 9.97 Å². The van der Waals surface area contributed by atoms with Crippen LogP contribution < -0.4 is 10.2 Å². The first kappa shape index (κ1) is 14.8. The largest absolute Gasteiger partial charge is 0.341 e. The minimum atomic E-state index is 0.591. The Morgan fingerprint density at radius 1 is 1.24 bits per heavy atom. The smallest absolute Gasteiger partial charge is 0.225 e. The first-order valence-electron chi connectivity index (χ1n) is 8.44. The molecule has 2 fully saturated rings. The van der Waals surface area contributed by atoms with E-state index >= 15 is 0 Å². The van der Waals surface area contributed by atoms with Crippen molar-refractivity contribution in [2.75, 3.05) is 11.9 Å². The number of aromatic nitrogens is 2. The maximum atomic E-state index is 4.76. The summed E-state index contributed by atoms with van der Waals surface area (Å²) in [6.45, 7) is 5.37. The summed E-state index contributed by atoms with van der Waals surface area (Å²) in [6, 6.07) is 1.32. The molecule has 0 radical (unpaired) electrons. The van der Waals surface area contributed by atoms with E-state index in [1.165, 1.54) is 44.1 Å². The van der Waals surface area contributed by atoms with Gasteiger partial charge in [0.15, 0.2) is 0 Å². The Morgan fingerprint density at radius 3 is 2.67 bits per heavy atom. The molecule has 1 heterocycles. The van der Waals surface area contributed by atoms with Crippen molar-refractivity contribution < 1.29 is 0 Å². The highest BCUT2D eigenvalue weighted by atomic mass is 15.3. The maximum absolute atomic E-state index is 4.76. The van der Waals surface area contributed by atoms with Crippen molar-refractivity contribution in [1.82, 2.24) is 15.3 Å². The van der Waals surface area contributed by atoms with E-state index in [1.807, 2.05) is 6.20 Å². The zero-order valence-corrected chi connectivity index (χ0v) is 13.6. The van der Waals surface area contributed by atoms with Crippen molar-refractivity contribution in [2.45, 2.75) is 71.0 Å². The quantitative estimate of drug-likeness (QED) is 0.904. The van der Waals surface area contributed by atoms with Crippen LogP contribution in [0.3, 0.4) is 0 Å². The normalized spacial score (nSPS) is 25.9. The van der Waals surface area contributed by atoms with Crippen LogP contribution in [-0.2, 0) is 6.54 Å². The summed E-state index contributed by atoms with van der Waals surface area (Å²) < 4.78 is 0. The van der Waals surface area contributed by atoms with Crippen molar-refractivity contribution in [1.29, 1.82) is 0 Å². The third-order valence-corrected chi connectivity index (χ3v) is 5.11. The fourth-order valence-electron chi connectivity index (χ4n) is 3.39. The SMILES string of the molecule is Cc1nc(N(C)C2CCCCC2C)ncc1CNC1CC1. The molecule has 0 bridgehead atoms. The number of anilines is 1. The highest BCUT2D eigenvalue weighted by Gasteiger charge is 2.26. The molecule has 0 saturated heterocycles. The van der Waals surface area contributed by atoms with Crippen LogP contribution in [0.5, 0.6) is 0 Å². The molecule has 3 rings (SSSR count). The molecule has 2 aliphatic rings. The molecule has 2 saturated carbocycles. The van der Waals surface area contributed by atoms with Crippen molar-refractivity contribution >= 4 is 5.95 Å². The molecule has 2 unspecified atom stereocenters. The second kappa shape index (κ2) is 6.30. The summed E-state index contributed by atoms with van der Waals surface area (Å²) in [5.74, 6) is 1.63. The Bertz CT molecular complexity index is 484. The van der Waals surface area contributed by atoms with E-state index in [9.17, 15) is 0 Å². The fraction of sp³-hybridized carbons (Fsp3) is 0.765. The van der Waals surface area contributed by atoms with E-state index in [-0.39, 0.29) is 0 Å². The topological polar surface area (TPSA) is 41.1 Å². The number of hydrogen-bond donors (Lipinski definition) is 1. The molecule has 4 nitrogen and oxygen atoms in total. The van der Waals surface area contributed by atoms with E-state index in [2.05, 4.69) is 36.1 Å². The van der Waals surface area contributed by atoms with Gasteiger partial charge in [-0.1, -0.05) is 19.8 Å². The van der Waals surface area contributed by atoms with E-state index in [0.29, 0.717) is 6.04 Å². The minimum Gasteiger partial charge on any atom is -0.341 e. The molecule has 4 heteroatoms. The molecule has 1 N–H and O–H groups in total. The first-order valence-corrected chi connectivity index (χ1v) is 8.44. The van der Waals surface area contributed by atoms with Crippen LogP contribution in [0, 0.1) is 12.8 Å². The molecule has 0 spiro atoms. The number of hydrogen-bond acceptors (Lipinski definition) is 4. The van der Waals surface area contributed by atoms with Gasteiger partial charge < -0.3 is 10.2 Å². The van der Waals surface area contributed by atoms with Gasteiger partial charge >= 0.3 is 0 Å². The molecule has 0 aliphatic heterocycles. The average Bonchev–Trinajstić information content (AvgIpc) is 3.30. The van der Waals surface area contributed by atoms with E-state index in [1.54, 1.807) is 0 Å². The Hall–Kier alpha value is -1.16. The summed E-state index contributed by atoms with van der Waals surface area (Å²) >= 11 is 0. The second-order valence-electron chi connectivity index (χ2n) is 6.88. The van der Waals surface area contributed by atoms with Crippen LogP contribution in [0.2, 0.25) is 0 Å². The molecule has 116 valence electrons. The monoisotopic (exact) mass is 288 g/mol. The number of nitrogens with one attached hydrogen (secondary N) is 1. The second-order valence-corrected chi connectivity index (χ2v) is 6.88. The van der Waals surface area contributed by atoms with E-state index in [0.717, 1.165) is 30.1 Å². The Labute approximate surface area is 128 Å². The zero-order chi connectivity index (χ0) is 14.8. The third kappa shape index (κ3) is 3.54. The lowest BCUT2D eigenvalue weighted by Gasteiger charge is -2.36. The highest BCUT2D eigenvalue weighted by molar-refractivity contribution is 5.33. The number of aryl methyl sites for hydroxylation is 1. The summed E-state index contributed by atoms with van der Waals surface area (Å²) in [6.07, 6.45) is 9.96. The molecule has 1 aromatic rings. The van der Waals surface area contributed by atoms with Gasteiger partial charge in [-0.3, -0.25) is 0 Å². The average molecular weight is 288 g/mol. The number of nitrogens with zero attached hydrogens (tertiary/aromatic N) is 3. The van der Waals surface area contributed by atoms with Gasteiger partial charge in [0.25, 0.3) is 0 Å². The standard InChI is InChI=1S/C17H28N4/c1-12-6-4-5-7-16(12)21(3)17-19-11-14(13(2)20-17)10-18-15-8-9-15/h11-12,15-16,18H,4-10H2,1-3H3. The molecule has 0 aromatic carbocycles. The van der Waals surface area contributed by atoms with Gasteiger partial charge in [-0.05, 0) is 38.5 Å². The predicted octanol–water partition coefficient (Wildman–Crippen LogP) is 3.05. The lowest BCUT2D eigenvalue weighted by Crippen LogP contribution is -2.40. The van der Waals surface area contributed by atoms with E-state index in [4.69, 9.17) is 4.98 Å². The summed E-state index contributed by atoms with van der Waals surface area (Å²) in [5, 5.41) is 3.54. The Balaban J connectivity index is 1.67. The van der Waals surface area contributed by atoms with Gasteiger partial charge in [0.05, 0.1) is 0 Å². The summed E-state index contributed by atoms with van der Waals surface area (Å²) in [5.41, 5.74) is 2.35. The van der Waals surface area contributed by atoms with Crippen LogP contribution >= 0.6 is 0 Å². The van der Waals surface area contributed by atoms with Crippen LogP contribution in [0.25, 0.3) is 0 Å². The fourth-order valence-corrected chi connectivity index (χ4v) is 3.39. The lowest BCUT2D eigenvalue weighted by atomic mass is 9.85. The van der Waals surface area contributed by atoms with Gasteiger partial charge in [0, 0.05) is 43.1 Å². The van der Waals surface area contributed by atoms with Gasteiger partial charge in [0.2, 0.25) is 5.95 Å². The maximum Gasteiger partial charge on any atom is 0.225 e. The van der Waals surface area contributed by atoms with Crippen LogP contribution in [-0.4, -0.2) is 29.1 Å². The molecule has 2 aliphatic carbocycles. The number of rotatable bonds is 5. The van der Waals surface area contributed by atoms with Crippen LogP contribution in [0.1, 0.15) is 56.7 Å². The molecule has 2 atom stereocenters. The molecule has 0 amide bonds. The highest BCUT2D eigenvalue weighted by Crippen LogP contribution is 2.29. The Kier molecular flexibility index (Phi) is 4.43. The summed E-state index contributed by atoms with van der Waals surface area (Å²) in [7, 11) is 2.16. The molecular formula is C17H28N4. The minimum absolute atomic E-state index is 0.591. The van der Waals surface area contributed by atoms with Gasteiger partial charge in [-0.2, -0.15) is 0 Å². The molecule has 1 aromatic heterocycles. The van der Waals surface area contributed by atoms with Crippen molar-refractivity contribution in [3.05, 3.63) is 17.5 Å². The van der Waals surface area contributed by atoms with E-state index < -0.39 is 0 Å². The predicted molar refractivity (Wildman–Crippen MR) is 86.5 cm³/mol. The van der Waals surface area contributed by atoms with Crippen LogP contribution in [0.15, 0.2) is 6.20 Å². The lowest BCUT2D eigenvalue weighted by molar-refractivity contribution is 0.319. The first-order chi connectivity index (χ1) is 10.1. The van der Waals surface area contributed by atoms with Crippen molar-refractivity contribution in [2.24, 2.45) is 5.92 Å². The molecule has 21 heavy (non-hydrogen) atoms. The van der Waals surface area contributed by atoms with Gasteiger partial charge in [-0.15, -0.1) is 0 Å². The summed E-state index contributed by atoms with van der Waals surface area (Å²) in [4.78, 5) is 11.7. The zero-order valence-electron chi connectivity index (χ0n) is 13.6. The van der Waals surface area contributed by atoms with Gasteiger partial charge in [0.1, 0.15) is 0 Å². The molecular weight excluding hydrogens is 260 g/mol. The third-order valence-electron chi connectivity index (χ3n) is 5.11. The van der Waals surface area contributed by atoms with Crippen LogP contribution in [0.4, 0.5) is 5.95 Å². The Morgan fingerprint density at radius 2 is 2.00 bits per heavy atom. The van der Waals surface area contributed by atoms with Crippen molar-refractivity contribution in [3.63, 3.8) is 0 Å².